The molecule has 1 aromatic heterocycles. The van der Waals surface area contributed by atoms with Gasteiger partial charge in [0.2, 0.25) is 0 Å². The van der Waals surface area contributed by atoms with Crippen molar-refractivity contribution < 1.29 is 9.45 Å². The van der Waals surface area contributed by atoms with Gasteiger partial charge >= 0.3 is 0 Å². The molecule has 0 atom stereocenters. The molecule has 1 aromatic carbocycles. The van der Waals surface area contributed by atoms with Crippen molar-refractivity contribution in [3.05, 3.63) is 46.1 Å². The van der Waals surface area contributed by atoms with Gasteiger partial charge in [0.15, 0.2) is 5.76 Å². The van der Waals surface area contributed by atoms with Crippen molar-refractivity contribution in [3.8, 4) is 11.3 Å². The molecule has 0 amide bonds. The Kier molecular flexibility index (Phi) is 3.00. The molecule has 6 nitrogen and oxygen atoms in total. The third kappa shape index (κ3) is 2.79. The van der Waals surface area contributed by atoms with Gasteiger partial charge in [-0.1, -0.05) is 5.16 Å². The van der Waals surface area contributed by atoms with Crippen LogP contribution in [0.3, 0.4) is 0 Å². The fourth-order valence-electron chi connectivity index (χ4n) is 1.81. The van der Waals surface area contributed by atoms with Crippen molar-refractivity contribution in [3.63, 3.8) is 0 Å². The number of aromatic nitrogens is 1. The minimum Gasteiger partial charge on any atom is -0.356 e. The van der Waals surface area contributed by atoms with Crippen LogP contribution >= 0.6 is 0 Å². The second-order valence-electron chi connectivity index (χ2n) is 4.64. The Morgan fingerprint density at radius 1 is 1.37 bits per heavy atom. The zero-order valence-electron chi connectivity index (χ0n) is 10.2. The third-order valence-corrected chi connectivity index (χ3v) is 3.07. The van der Waals surface area contributed by atoms with Gasteiger partial charge in [-0.2, -0.15) is 0 Å². The van der Waals surface area contributed by atoms with Crippen molar-refractivity contribution in [2.45, 2.75) is 25.4 Å². The maximum Gasteiger partial charge on any atom is 0.269 e. The molecule has 1 saturated carbocycles. The van der Waals surface area contributed by atoms with E-state index >= 15 is 0 Å². The fourth-order valence-corrected chi connectivity index (χ4v) is 1.81. The van der Waals surface area contributed by atoms with Crippen LogP contribution in [0.2, 0.25) is 0 Å². The minimum absolute atomic E-state index is 0.0684. The summed E-state index contributed by atoms with van der Waals surface area (Å²) in [5.74, 6) is 0.627. The van der Waals surface area contributed by atoms with Crippen LogP contribution in [-0.4, -0.2) is 16.1 Å². The molecule has 6 heteroatoms. The van der Waals surface area contributed by atoms with Crippen molar-refractivity contribution in [2.24, 2.45) is 0 Å². The minimum atomic E-state index is -0.421. The van der Waals surface area contributed by atoms with E-state index in [0.717, 1.165) is 11.3 Å². The molecule has 0 aliphatic heterocycles. The summed E-state index contributed by atoms with van der Waals surface area (Å²) in [4.78, 5) is 10.1. The number of nitro benzene ring substituents is 1. The first kappa shape index (κ1) is 11.9. The van der Waals surface area contributed by atoms with Crippen LogP contribution in [0, 0.1) is 10.1 Å². The lowest BCUT2D eigenvalue weighted by Crippen LogP contribution is -2.15. The first-order chi connectivity index (χ1) is 9.22. The molecule has 1 aliphatic carbocycles. The summed E-state index contributed by atoms with van der Waals surface area (Å²) in [7, 11) is 0. The first-order valence-electron chi connectivity index (χ1n) is 6.16. The number of nitrogens with one attached hydrogen (secondary N) is 1. The summed E-state index contributed by atoms with van der Waals surface area (Å²) in [5.41, 5.74) is 1.70. The van der Waals surface area contributed by atoms with Gasteiger partial charge in [-0.05, 0) is 25.0 Å². The number of nitrogens with zero attached hydrogens (tertiary/aromatic N) is 2. The van der Waals surface area contributed by atoms with Crippen LogP contribution in [-0.2, 0) is 6.54 Å². The Balaban J connectivity index is 1.71. The summed E-state index contributed by atoms with van der Waals surface area (Å²) in [6, 6.07) is 8.73. The molecule has 19 heavy (non-hydrogen) atoms. The van der Waals surface area contributed by atoms with Crippen LogP contribution in [0.1, 0.15) is 18.5 Å². The molecule has 0 radical (unpaired) electrons. The maximum absolute atomic E-state index is 10.6. The highest BCUT2D eigenvalue weighted by Crippen LogP contribution is 2.24. The van der Waals surface area contributed by atoms with E-state index in [1.54, 1.807) is 12.1 Å². The van der Waals surface area contributed by atoms with Gasteiger partial charge in [-0.25, -0.2) is 0 Å². The highest BCUT2D eigenvalue weighted by atomic mass is 16.6. The lowest BCUT2D eigenvalue weighted by Gasteiger charge is -1.96. The Morgan fingerprint density at radius 3 is 2.74 bits per heavy atom. The summed E-state index contributed by atoms with van der Waals surface area (Å²) in [5, 5.41) is 17.9. The number of benzene rings is 1. The molecule has 1 heterocycles. The van der Waals surface area contributed by atoms with Crippen LogP contribution < -0.4 is 5.32 Å². The highest BCUT2D eigenvalue weighted by Gasteiger charge is 2.20. The monoisotopic (exact) mass is 259 g/mol. The van der Waals surface area contributed by atoms with Gasteiger partial charge in [0.05, 0.1) is 10.6 Å². The molecule has 1 fully saturated rings. The molecule has 2 aromatic rings. The number of rotatable bonds is 5. The summed E-state index contributed by atoms with van der Waals surface area (Å²) in [6.07, 6.45) is 2.46. The summed E-state index contributed by atoms with van der Waals surface area (Å²) in [6.45, 7) is 0.696. The van der Waals surface area contributed by atoms with E-state index in [-0.39, 0.29) is 5.69 Å². The quantitative estimate of drug-likeness (QED) is 0.659. The summed E-state index contributed by atoms with van der Waals surface area (Å²) < 4.78 is 5.24. The Hall–Kier alpha value is -2.21. The SMILES string of the molecule is O=[N+]([O-])c1ccc(-c2cc(CNC3CC3)no2)cc1. The molecule has 1 aliphatic rings. The van der Waals surface area contributed by atoms with Gasteiger partial charge < -0.3 is 9.84 Å². The largest absolute Gasteiger partial charge is 0.356 e. The molecule has 98 valence electrons. The van der Waals surface area contributed by atoms with Crippen LogP contribution in [0.5, 0.6) is 0 Å². The molecular formula is C13H13N3O3. The number of non-ortho nitro benzene ring substituents is 1. The number of hydrogen-bond donors (Lipinski definition) is 1. The first-order valence-corrected chi connectivity index (χ1v) is 6.16. The van der Waals surface area contributed by atoms with Crippen LogP contribution in [0.25, 0.3) is 11.3 Å². The highest BCUT2D eigenvalue weighted by molar-refractivity contribution is 5.59. The lowest BCUT2D eigenvalue weighted by atomic mass is 10.1. The van der Waals surface area contributed by atoms with E-state index in [2.05, 4.69) is 10.5 Å². The predicted molar refractivity (Wildman–Crippen MR) is 68.5 cm³/mol. The van der Waals surface area contributed by atoms with E-state index in [9.17, 15) is 10.1 Å². The number of hydrogen-bond acceptors (Lipinski definition) is 5. The second kappa shape index (κ2) is 4.81. The summed E-state index contributed by atoms with van der Waals surface area (Å²) >= 11 is 0. The Morgan fingerprint density at radius 2 is 2.11 bits per heavy atom. The van der Waals surface area contributed by atoms with Crippen LogP contribution in [0.4, 0.5) is 5.69 Å². The van der Waals surface area contributed by atoms with Gasteiger partial charge in [0.25, 0.3) is 5.69 Å². The van der Waals surface area contributed by atoms with Crippen molar-refractivity contribution in [1.82, 2.24) is 10.5 Å². The Bertz CT molecular complexity index is 587. The normalized spacial score (nSPS) is 14.5. The van der Waals surface area contributed by atoms with Gasteiger partial charge in [-0.3, -0.25) is 10.1 Å². The molecule has 0 saturated heterocycles. The molecular weight excluding hydrogens is 246 g/mol. The van der Waals surface area contributed by atoms with Crippen molar-refractivity contribution in [1.29, 1.82) is 0 Å². The average Bonchev–Trinajstić information content (AvgIpc) is 3.13. The van der Waals surface area contributed by atoms with Gasteiger partial charge in [0.1, 0.15) is 0 Å². The van der Waals surface area contributed by atoms with Crippen molar-refractivity contribution >= 4 is 5.69 Å². The van der Waals surface area contributed by atoms with Gasteiger partial charge in [0, 0.05) is 36.3 Å². The smallest absolute Gasteiger partial charge is 0.269 e. The third-order valence-electron chi connectivity index (χ3n) is 3.07. The average molecular weight is 259 g/mol. The van der Waals surface area contributed by atoms with E-state index in [4.69, 9.17) is 4.52 Å². The van der Waals surface area contributed by atoms with E-state index in [1.807, 2.05) is 6.07 Å². The zero-order chi connectivity index (χ0) is 13.2. The molecule has 1 N–H and O–H groups in total. The topological polar surface area (TPSA) is 81.2 Å². The van der Waals surface area contributed by atoms with Gasteiger partial charge in [-0.15, -0.1) is 0 Å². The number of nitro groups is 1. The lowest BCUT2D eigenvalue weighted by molar-refractivity contribution is -0.384. The van der Waals surface area contributed by atoms with E-state index < -0.39 is 4.92 Å². The molecule has 3 rings (SSSR count). The fraction of sp³-hybridized carbons (Fsp3) is 0.308. The predicted octanol–water partition coefficient (Wildman–Crippen LogP) is 2.50. The maximum atomic E-state index is 10.6. The second-order valence-corrected chi connectivity index (χ2v) is 4.64. The molecule has 0 unspecified atom stereocenters. The molecule has 0 spiro atoms. The van der Waals surface area contributed by atoms with E-state index in [1.165, 1.54) is 25.0 Å². The van der Waals surface area contributed by atoms with E-state index in [0.29, 0.717) is 18.3 Å². The standard InChI is InChI=1S/C13H13N3O3/c17-16(18)12-5-1-9(2-6-12)13-7-11(15-19-13)8-14-10-3-4-10/h1-2,5-7,10,14H,3-4,8H2. The zero-order valence-corrected chi connectivity index (χ0v) is 10.2. The van der Waals surface area contributed by atoms with Crippen LogP contribution in [0.15, 0.2) is 34.9 Å². The van der Waals surface area contributed by atoms with Crippen molar-refractivity contribution in [2.75, 3.05) is 0 Å². The Labute approximate surface area is 109 Å². The molecule has 0 bridgehead atoms.